The van der Waals surface area contributed by atoms with Gasteiger partial charge in [-0.25, -0.2) is 0 Å². The second-order valence-electron chi connectivity index (χ2n) is 3.73. The largest absolute Gasteiger partial charge is 0.357 e. The SMILES string of the molecule is CCCC(=O)NNC(=S)NCc1ccc(Cl)cc1. The summed E-state index contributed by atoms with van der Waals surface area (Å²) in [6.45, 7) is 2.52. The molecule has 0 saturated carbocycles. The standard InChI is InChI=1S/C12H16ClN3OS/c1-2-3-11(17)15-16-12(18)14-8-9-4-6-10(13)7-5-9/h4-7H,2-3,8H2,1H3,(H,15,17)(H2,14,16,18). The minimum absolute atomic E-state index is 0.0758. The van der Waals surface area contributed by atoms with E-state index in [4.69, 9.17) is 23.8 Å². The fourth-order valence-electron chi connectivity index (χ4n) is 1.24. The van der Waals surface area contributed by atoms with Gasteiger partial charge in [-0.05, 0) is 36.3 Å². The van der Waals surface area contributed by atoms with Crippen LogP contribution in [0.5, 0.6) is 0 Å². The summed E-state index contributed by atoms with van der Waals surface area (Å²) in [5.41, 5.74) is 6.22. The summed E-state index contributed by atoms with van der Waals surface area (Å²) in [6, 6.07) is 7.46. The van der Waals surface area contributed by atoms with Gasteiger partial charge in [-0.2, -0.15) is 0 Å². The van der Waals surface area contributed by atoms with E-state index in [1.165, 1.54) is 0 Å². The highest BCUT2D eigenvalue weighted by Gasteiger charge is 2.00. The maximum atomic E-state index is 11.2. The van der Waals surface area contributed by atoms with Gasteiger partial charge in [0.1, 0.15) is 0 Å². The zero-order chi connectivity index (χ0) is 13.4. The third-order valence-electron chi connectivity index (χ3n) is 2.16. The molecule has 0 aromatic heterocycles. The van der Waals surface area contributed by atoms with Crippen molar-refractivity contribution in [3.05, 3.63) is 34.9 Å². The van der Waals surface area contributed by atoms with Crippen molar-refractivity contribution in [3.8, 4) is 0 Å². The molecule has 0 saturated heterocycles. The van der Waals surface area contributed by atoms with Crippen molar-refractivity contribution in [3.63, 3.8) is 0 Å². The molecule has 0 aliphatic heterocycles. The molecule has 1 amide bonds. The van der Waals surface area contributed by atoms with E-state index in [-0.39, 0.29) is 5.91 Å². The number of halogens is 1. The fourth-order valence-corrected chi connectivity index (χ4v) is 1.49. The van der Waals surface area contributed by atoms with Gasteiger partial charge in [0.05, 0.1) is 0 Å². The smallest absolute Gasteiger partial charge is 0.238 e. The number of hydrogen-bond acceptors (Lipinski definition) is 2. The van der Waals surface area contributed by atoms with Crippen LogP contribution in [0.2, 0.25) is 5.02 Å². The number of thiocarbonyl (C=S) groups is 1. The third-order valence-corrected chi connectivity index (χ3v) is 2.66. The summed E-state index contributed by atoms with van der Waals surface area (Å²) < 4.78 is 0. The topological polar surface area (TPSA) is 53.2 Å². The van der Waals surface area contributed by atoms with E-state index in [1.807, 2.05) is 31.2 Å². The lowest BCUT2D eigenvalue weighted by molar-refractivity contribution is -0.121. The Morgan fingerprint density at radius 1 is 1.28 bits per heavy atom. The minimum Gasteiger partial charge on any atom is -0.357 e. The predicted octanol–water partition coefficient (Wildman–Crippen LogP) is 2.14. The van der Waals surface area contributed by atoms with E-state index in [0.717, 1.165) is 12.0 Å². The van der Waals surface area contributed by atoms with Crippen LogP contribution in [0.3, 0.4) is 0 Å². The zero-order valence-electron chi connectivity index (χ0n) is 10.1. The van der Waals surface area contributed by atoms with E-state index in [1.54, 1.807) is 0 Å². The van der Waals surface area contributed by atoms with Crippen molar-refractivity contribution in [2.24, 2.45) is 0 Å². The summed E-state index contributed by atoms with van der Waals surface area (Å²) in [4.78, 5) is 11.2. The Morgan fingerprint density at radius 3 is 2.56 bits per heavy atom. The number of rotatable bonds is 4. The second-order valence-corrected chi connectivity index (χ2v) is 4.58. The number of hydrazine groups is 1. The van der Waals surface area contributed by atoms with Crippen molar-refractivity contribution in [1.82, 2.24) is 16.2 Å². The molecule has 0 heterocycles. The number of nitrogens with one attached hydrogen (secondary N) is 3. The van der Waals surface area contributed by atoms with Crippen molar-refractivity contribution >= 4 is 34.8 Å². The molecule has 0 aliphatic rings. The Labute approximate surface area is 117 Å². The normalized spacial score (nSPS) is 9.67. The highest BCUT2D eigenvalue weighted by Crippen LogP contribution is 2.08. The molecule has 1 aromatic carbocycles. The van der Waals surface area contributed by atoms with Crippen LogP contribution in [0.15, 0.2) is 24.3 Å². The molecule has 0 fully saturated rings. The average Bonchev–Trinajstić information content (AvgIpc) is 2.36. The van der Waals surface area contributed by atoms with Crippen LogP contribution in [0, 0.1) is 0 Å². The highest BCUT2D eigenvalue weighted by molar-refractivity contribution is 7.80. The number of amides is 1. The Hall–Kier alpha value is -1.33. The van der Waals surface area contributed by atoms with Crippen molar-refractivity contribution in [2.75, 3.05) is 0 Å². The first-order valence-electron chi connectivity index (χ1n) is 5.69. The monoisotopic (exact) mass is 285 g/mol. The van der Waals surface area contributed by atoms with Crippen molar-refractivity contribution < 1.29 is 4.79 Å². The van der Waals surface area contributed by atoms with Gasteiger partial charge in [0.2, 0.25) is 5.91 Å². The fraction of sp³-hybridized carbons (Fsp3) is 0.333. The van der Waals surface area contributed by atoms with Gasteiger partial charge in [0.25, 0.3) is 0 Å². The highest BCUT2D eigenvalue weighted by atomic mass is 35.5. The van der Waals surface area contributed by atoms with Crippen LogP contribution in [0.1, 0.15) is 25.3 Å². The lowest BCUT2D eigenvalue weighted by Crippen LogP contribution is -2.46. The number of carbonyl (C=O) groups excluding carboxylic acids is 1. The molecule has 4 nitrogen and oxygen atoms in total. The second kappa shape index (κ2) is 7.89. The van der Waals surface area contributed by atoms with E-state index in [0.29, 0.717) is 23.1 Å². The molecule has 0 unspecified atom stereocenters. The number of benzene rings is 1. The molecule has 1 rings (SSSR count). The summed E-state index contributed by atoms with van der Waals surface area (Å²) in [6.07, 6.45) is 1.28. The summed E-state index contributed by atoms with van der Waals surface area (Å²) >= 11 is 10.8. The third kappa shape index (κ3) is 5.84. The lowest BCUT2D eigenvalue weighted by atomic mass is 10.2. The van der Waals surface area contributed by atoms with Gasteiger partial charge >= 0.3 is 0 Å². The molecular weight excluding hydrogens is 270 g/mol. The van der Waals surface area contributed by atoms with Crippen LogP contribution < -0.4 is 16.2 Å². The average molecular weight is 286 g/mol. The Morgan fingerprint density at radius 2 is 1.94 bits per heavy atom. The molecule has 0 radical (unpaired) electrons. The first-order chi connectivity index (χ1) is 8.61. The van der Waals surface area contributed by atoms with Gasteiger partial charge in [-0.15, -0.1) is 0 Å². The van der Waals surface area contributed by atoms with Gasteiger partial charge in [0.15, 0.2) is 5.11 Å². The maximum absolute atomic E-state index is 11.2. The molecule has 0 atom stereocenters. The molecule has 18 heavy (non-hydrogen) atoms. The molecule has 1 aromatic rings. The molecule has 0 bridgehead atoms. The quantitative estimate of drug-likeness (QED) is 0.586. The first kappa shape index (κ1) is 14.7. The van der Waals surface area contributed by atoms with E-state index < -0.39 is 0 Å². The summed E-state index contributed by atoms with van der Waals surface area (Å²) in [5, 5.41) is 4.06. The zero-order valence-corrected chi connectivity index (χ0v) is 11.7. The van der Waals surface area contributed by atoms with Crippen LogP contribution in [-0.2, 0) is 11.3 Å². The van der Waals surface area contributed by atoms with E-state index >= 15 is 0 Å². The van der Waals surface area contributed by atoms with Crippen molar-refractivity contribution in [2.45, 2.75) is 26.3 Å². The molecule has 3 N–H and O–H groups in total. The number of hydrogen-bond donors (Lipinski definition) is 3. The Balaban J connectivity index is 2.24. The molecule has 98 valence electrons. The van der Waals surface area contributed by atoms with Crippen LogP contribution in [0.25, 0.3) is 0 Å². The Kier molecular flexibility index (Phi) is 6.46. The van der Waals surface area contributed by atoms with Crippen molar-refractivity contribution in [1.29, 1.82) is 0 Å². The first-order valence-corrected chi connectivity index (χ1v) is 6.47. The van der Waals surface area contributed by atoms with Gasteiger partial charge < -0.3 is 5.32 Å². The minimum atomic E-state index is -0.0758. The molecule has 0 spiro atoms. The van der Waals surface area contributed by atoms with Crippen LogP contribution >= 0.6 is 23.8 Å². The van der Waals surface area contributed by atoms with Gasteiger partial charge in [-0.1, -0.05) is 30.7 Å². The van der Waals surface area contributed by atoms with Crippen LogP contribution in [-0.4, -0.2) is 11.0 Å². The lowest BCUT2D eigenvalue weighted by Gasteiger charge is -2.11. The maximum Gasteiger partial charge on any atom is 0.238 e. The summed E-state index contributed by atoms with van der Waals surface area (Å²) in [5.74, 6) is -0.0758. The number of carbonyl (C=O) groups is 1. The van der Waals surface area contributed by atoms with Crippen LogP contribution in [0.4, 0.5) is 0 Å². The summed E-state index contributed by atoms with van der Waals surface area (Å²) in [7, 11) is 0. The Bertz CT molecular complexity index is 408. The van der Waals surface area contributed by atoms with E-state index in [2.05, 4.69) is 16.2 Å². The molecule has 0 aliphatic carbocycles. The predicted molar refractivity (Wildman–Crippen MR) is 77.1 cm³/mol. The van der Waals surface area contributed by atoms with E-state index in [9.17, 15) is 4.79 Å². The van der Waals surface area contributed by atoms with Gasteiger partial charge in [0, 0.05) is 18.0 Å². The molecular formula is C12H16ClN3OS. The molecule has 6 heteroatoms. The van der Waals surface area contributed by atoms with Gasteiger partial charge in [-0.3, -0.25) is 15.6 Å².